The highest BCUT2D eigenvalue weighted by Crippen LogP contribution is 2.06. The summed E-state index contributed by atoms with van der Waals surface area (Å²) in [5.41, 5.74) is 1.12. The van der Waals surface area contributed by atoms with Crippen LogP contribution in [0.5, 0.6) is 0 Å². The Morgan fingerprint density at radius 2 is 2.14 bits per heavy atom. The predicted molar refractivity (Wildman–Crippen MR) is 60.4 cm³/mol. The van der Waals surface area contributed by atoms with Gasteiger partial charge in [0.15, 0.2) is 0 Å². The van der Waals surface area contributed by atoms with E-state index < -0.39 is 0 Å². The highest BCUT2D eigenvalue weighted by Gasteiger charge is 1.99. The molecule has 0 aliphatic carbocycles. The summed E-state index contributed by atoms with van der Waals surface area (Å²) in [5, 5.41) is 3.21. The summed E-state index contributed by atoms with van der Waals surface area (Å²) in [7, 11) is 2.10. The molecular formula is C11H19N3. The van der Waals surface area contributed by atoms with Crippen molar-refractivity contribution in [3.8, 4) is 0 Å². The first kappa shape index (κ1) is 11.0. The average molecular weight is 193 g/mol. The summed E-state index contributed by atoms with van der Waals surface area (Å²) < 4.78 is 0. The fourth-order valence-corrected chi connectivity index (χ4v) is 1.24. The van der Waals surface area contributed by atoms with Crippen molar-refractivity contribution in [3.05, 3.63) is 23.9 Å². The molecule has 0 fully saturated rings. The topological polar surface area (TPSA) is 28.2 Å². The first-order valence-corrected chi connectivity index (χ1v) is 5.14. The van der Waals surface area contributed by atoms with E-state index in [2.05, 4.69) is 42.2 Å². The van der Waals surface area contributed by atoms with E-state index >= 15 is 0 Å². The highest BCUT2D eigenvalue weighted by atomic mass is 15.1. The van der Waals surface area contributed by atoms with Gasteiger partial charge in [0.25, 0.3) is 0 Å². The number of nitrogens with zero attached hydrogens (tertiary/aromatic N) is 2. The first-order chi connectivity index (χ1) is 6.76. The number of rotatable bonds is 5. The summed E-state index contributed by atoms with van der Waals surface area (Å²) in [5.74, 6) is 0.967. The van der Waals surface area contributed by atoms with Crippen molar-refractivity contribution in [3.63, 3.8) is 0 Å². The molecule has 0 aromatic carbocycles. The number of hydrogen-bond donors (Lipinski definition) is 1. The minimum absolute atomic E-state index is 0.912. The molecular weight excluding hydrogens is 174 g/mol. The molecule has 0 bridgehead atoms. The van der Waals surface area contributed by atoms with E-state index in [1.807, 2.05) is 12.1 Å². The number of aromatic nitrogens is 1. The summed E-state index contributed by atoms with van der Waals surface area (Å²) in [6.45, 7) is 7.10. The molecule has 78 valence electrons. The van der Waals surface area contributed by atoms with E-state index in [1.54, 1.807) is 0 Å². The molecule has 0 aliphatic heterocycles. The molecule has 1 heterocycles. The van der Waals surface area contributed by atoms with Crippen LogP contribution >= 0.6 is 0 Å². The Morgan fingerprint density at radius 1 is 1.36 bits per heavy atom. The largest absolute Gasteiger partial charge is 0.370 e. The normalized spacial score (nSPS) is 10.6. The van der Waals surface area contributed by atoms with E-state index in [0.29, 0.717) is 0 Å². The molecule has 3 nitrogen and oxygen atoms in total. The summed E-state index contributed by atoms with van der Waals surface area (Å²) in [6, 6.07) is 6.11. The fourth-order valence-electron chi connectivity index (χ4n) is 1.24. The van der Waals surface area contributed by atoms with Gasteiger partial charge in [-0.3, -0.25) is 0 Å². The van der Waals surface area contributed by atoms with Gasteiger partial charge in [-0.1, -0.05) is 13.0 Å². The average Bonchev–Trinajstić information content (AvgIpc) is 2.19. The van der Waals surface area contributed by atoms with Gasteiger partial charge in [-0.25, -0.2) is 4.98 Å². The molecule has 3 heteroatoms. The lowest BCUT2D eigenvalue weighted by Crippen LogP contribution is -2.17. The predicted octanol–water partition coefficient (Wildman–Crippen LogP) is 1.97. The van der Waals surface area contributed by atoms with Crippen molar-refractivity contribution in [1.82, 2.24) is 9.88 Å². The molecule has 0 saturated heterocycles. The van der Waals surface area contributed by atoms with Crippen LogP contribution in [-0.4, -0.2) is 30.0 Å². The Labute approximate surface area is 86.2 Å². The molecule has 0 amide bonds. The van der Waals surface area contributed by atoms with Crippen LogP contribution < -0.4 is 5.32 Å². The van der Waals surface area contributed by atoms with Crippen LogP contribution in [0.15, 0.2) is 18.2 Å². The van der Waals surface area contributed by atoms with Crippen LogP contribution in [0.1, 0.15) is 19.5 Å². The lowest BCUT2D eigenvalue weighted by Gasteiger charge is -2.13. The molecule has 1 aromatic rings. The third-order valence-electron chi connectivity index (χ3n) is 2.14. The lowest BCUT2D eigenvalue weighted by atomic mass is 10.3. The molecule has 0 saturated carbocycles. The van der Waals surface area contributed by atoms with Crippen molar-refractivity contribution < 1.29 is 0 Å². The van der Waals surface area contributed by atoms with E-state index in [0.717, 1.165) is 31.1 Å². The van der Waals surface area contributed by atoms with Gasteiger partial charge in [0.05, 0.1) is 5.69 Å². The van der Waals surface area contributed by atoms with Gasteiger partial charge in [-0.2, -0.15) is 0 Å². The van der Waals surface area contributed by atoms with Crippen LogP contribution in [0.4, 0.5) is 5.82 Å². The quantitative estimate of drug-likeness (QED) is 0.775. The molecule has 0 atom stereocenters. The molecule has 0 spiro atoms. The molecule has 0 aliphatic rings. The standard InChI is InChI=1S/C11H19N3/c1-4-12-11-8-6-7-10(13-11)9-14(3)5-2/h6-8H,4-5,9H2,1-3H3,(H,12,13). The summed E-state index contributed by atoms with van der Waals surface area (Å²) in [4.78, 5) is 6.73. The van der Waals surface area contributed by atoms with Crippen molar-refractivity contribution in [1.29, 1.82) is 0 Å². The molecule has 1 rings (SSSR count). The first-order valence-electron chi connectivity index (χ1n) is 5.14. The van der Waals surface area contributed by atoms with Crippen molar-refractivity contribution in [2.45, 2.75) is 20.4 Å². The zero-order valence-corrected chi connectivity index (χ0v) is 9.25. The van der Waals surface area contributed by atoms with Crippen molar-refractivity contribution >= 4 is 5.82 Å². The maximum absolute atomic E-state index is 4.50. The molecule has 1 N–H and O–H groups in total. The van der Waals surface area contributed by atoms with Crippen LogP contribution in [0.25, 0.3) is 0 Å². The second-order valence-electron chi connectivity index (χ2n) is 3.37. The van der Waals surface area contributed by atoms with Crippen LogP contribution in [-0.2, 0) is 6.54 Å². The Bertz CT molecular complexity index is 273. The number of hydrogen-bond acceptors (Lipinski definition) is 3. The Morgan fingerprint density at radius 3 is 2.79 bits per heavy atom. The Kier molecular flexibility index (Phi) is 4.40. The Hall–Kier alpha value is -1.09. The molecule has 0 radical (unpaired) electrons. The minimum Gasteiger partial charge on any atom is -0.370 e. The van der Waals surface area contributed by atoms with Crippen LogP contribution in [0, 0.1) is 0 Å². The van der Waals surface area contributed by atoms with Crippen LogP contribution in [0.2, 0.25) is 0 Å². The number of nitrogens with one attached hydrogen (secondary N) is 1. The molecule has 0 unspecified atom stereocenters. The van der Waals surface area contributed by atoms with E-state index in [4.69, 9.17) is 0 Å². The van der Waals surface area contributed by atoms with E-state index in [-0.39, 0.29) is 0 Å². The maximum atomic E-state index is 4.50. The second kappa shape index (κ2) is 5.60. The van der Waals surface area contributed by atoms with Crippen LogP contribution in [0.3, 0.4) is 0 Å². The van der Waals surface area contributed by atoms with Crippen molar-refractivity contribution in [2.24, 2.45) is 0 Å². The van der Waals surface area contributed by atoms with Gasteiger partial charge in [-0.05, 0) is 32.6 Å². The number of anilines is 1. The van der Waals surface area contributed by atoms with E-state index in [9.17, 15) is 0 Å². The van der Waals surface area contributed by atoms with Gasteiger partial charge < -0.3 is 10.2 Å². The smallest absolute Gasteiger partial charge is 0.126 e. The summed E-state index contributed by atoms with van der Waals surface area (Å²) in [6.07, 6.45) is 0. The molecule has 1 aromatic heterocycles. The van der Waals surface area contributed by atoms with Gasteiger partial charge in [0, 0.05) is 13.1 Å². The minimum atomic E-state index is 0.912. The zero-order chi connectivity index (χ0) is 10.4. The maximum Gasteiger partial charge on any atom is 0.126 e. The van der Waals surface area contributed by atoms with Gasteiger partial charge in [-0.15, -0.1) is 0 Å². The fraction of sp³-hybridized carbons (Fsp3) is 0.545. The van der Waals surface area contributed by atoms with E-state index in [1.165, 1.54) is 0 Å². The zero-order valence-electron chi connectivity index (χ0n) is 9.25. The monoisotopic (exact) mass is 193 g/mol. The van der Waals surface area contributed by atoms with Crippen molar-refractivity contribution in [2.75, 3.05) is 25.5 Å². The third kappa shape index (κ3) is 3.34. The summed E-state index contributed by atoms with van der Waals surface area (Å²) >= 11 is 0. The third-order valence-corrected chi connectivity index (χ3v) is 2.14. The van der Waals surface area contributed by atoms with Gasteiger partial charge in [0.2, 0.25) is 0 Å². The highest BCUT2D eigenvalue weighted by molar-refractivity contribution is 5.34. The van der Waals surface area contributed by atoms with Gasteiger partial charge >= 0.3 is 0 Å². The SMILES string of the molecule is CCNc1cccc(CN(C)CC)n1. The second-order valence-corrected chi connectivity index (χ2v) is 3.37. The Balaban J connectivity index is 2.63. The molecule has 14 heavy (non-hydrogen) atoms. The number of pyridine rings is 1. The lowest BCUT2D eigenvalue weighted by molar-refractivity contribution is 0.341. The van der Waals surface area contributed by atoms with Gasteiger partial charge in [0.1, 0.15) is 5.82 Å².